The highest BCUT2D eigenvalue weighted by atomic mass is 35.5. The van der Waals surface area contributed by atoms with Crippen molar-refractivity contribution in [1.29, 1.82) is 0 Å². The van der Waals surface area contributed by atoms with Crippen LogP contribution in [0.4, 0.5) is 4.79 Å². The number of hydrogen-bond donors (Lipinski definition) is 1. The molecule has 3 aliphatic rings. The standard InChI is InChI=1S/C19H30ClNO6/c1-11(2)5-6-13-18(3,27-13)16-15(24-4)12(7-8-19(16)10-25-19)26-17(23)21-14(22)9-20/h11-13,15-16H,5-10H2,1-4H3,(H,21,22,23)/t12-,13+,15-,16-,18-,19+/m1/s1. The average Bonchev–Trinajstić information content (AvgIpc) is 3.52. The highest BCUT2D eigenvalue weighted by Crippen LogP contribution is 2.59. The van der Waals surface area contributed by atoms with Crippen molar-refractivity contribution in [3.05, 3.63) is 0 Å². The smallest absolute Gasteiger partial charge is 0.414 e. The number of imide groups is 1. The first kappa shape index (κ1) is 20.8. The van der Waals surface area contributed by atoms with Gasteiger partial charge in [0.25, 0.3) is 0 Å². The molecule has 2 heterocycles. The first-order valence-electron chi connectivity index (χ1n) is 9.66. The third-order valence-corrected chi connectivity index (χ3v) is 6.37. The van der Waals surface area contributed by atoms with Crippen molar-refractivity contribution in [2.75, 3.05) is 19.6 Å². The average molecular weight is 404 g/mol. The summed E-state index contributed by atoms with van der Waals surface area (Å²) in [4.78, 5) is 23.3. The molecule has 0 aromatic carbocycles. The molecule has 2 amide bonds. The van der Waals surface area contributed by atoms with E-state index in [1.54, 1.807) is 7.11 Å². The molecule has 0 aromatic heterocycles. The Morgan fingerprint density at radius 3 is 2.63 bits per heavy atom. The Labute approximate surface area is 165 Å². The summed E-state index contributed by atoms with van der Waals surface area (Å²) in [5, 5.41) is 2.12. The van der Waals surface area contributed by atoms with E-state index in [4.69, 9.17) is 30.5 Å². The summed E-state index contributed by atoms with van der Waals surface area (Å²) in [6, 6.07) is 0. The Morgan fingerprint density at radius 2 is 2.07 bits per heavy atom. The van der Waals surface area contributed by atoms with Gasteiger partial charge in [0, 0.05) is 7.11 Å². The van der Waals surface area contributed by atoms with Gasteiger partial charge >= 0.3 is 6.09 Å². The van der Waals surface area contributed by atoms with Gasteiger partial charge in [0.1, 0.15) is 29.3 Å². The Kier molecular flexibility index (Phi) is 6.06. The van der Waals surface area contributed by atoms with Gasteiger partial charge in [-0.3, -0.25) is 10.1 Å². The van der Waals surface area contributed by atoms with Crippen LogP contribution in [0, 0.1) is 11.8 Å². The Balaban J connectivity index is 1.70. The zero-order valence-corrected chi connectivity index (χ0v) is 17.2. The summed E-state index contributed by atoms with van der Waals surface area (Å²) >= 11 is 5.42. The number of carbonyl (C=O) groups is 2. The highest BCUT2D eigenvalue weighted by molar-refractivity contribution is 6.28. The highest BCUT2D eigenvalue weighted by Gasteiger charge is 2.72. The van der Waals surface area contributed by atoms with Crippen molar-refractivity contribution in [2.45, 2.75) is 76.0 Å². The van der Waals surface area contributed by atoms with E-state index in [9.17, 15) is 9.59 Å². The molecule has 3 rings (SSSR count). The van der Waals surface area contributed by atoms with Gasteiger partial charge in [-0.05, 0) is 38.5 Å². The molecule has 0 bridgehead atoms. The van der Waals surface area contributed by atoms with Gasteiger partial charge in [-0.2, -0.15) is 0 Å². The minimum Gasteiger partial charge on any atom is -0.443 e. The summed E-state index contributed by atoms with van der Waals surface area (Å²) in [6.45, 7) is 7.19. The summed E-state index contributed by atoms with van der Waals surface area (Å²) < 4.78 is 23.3. The third-order valence-electron chi connectivity index (χ3n) is 6.12. The maximum atomic E-state index is 12.0. The molecule has 0 radical (unpaired) electrons. The predicted octanol–water partition coefficient (Wildman–Crippen LogP) is 2.63. The summed E-state index contributed by atoms with van der Waals surface area (Å²) in [6.07, 6.45) is 2.02. The summed E-state index contributed by atoms with van der Waals surface area (Å²) in [7, 11) is 1.62. The fraction of sp³-hybridized carbons (Fsp3) is 0.895. The SMILES string of the molecule is CO[C@@H]1[C@H](OC(=O)NC(=O)CCl)CC[C@]2(CO2)[C@H]1[C@]1(C)O[C@H]1CCC(C)C. The Hall–Kier alpha value is -0.890. The second-order valence-corrected chi connectivity index (χ2v) is 8.72. The van der Waals surface area contributed by atoms with Crippen molar-refractivity contribution >= 4 is 23.6 Å². The minimum atomic E-state index is -0.794. The second-order valence-electron chi connectivity index (χ2n) is 8.46. The first-order chi connectivity index (χ1) is 12.8. The lowest BCUT2D eigenvalue weighted by atomic mass is 9.68. The van der Waals surface area contributed by atoms with Crippen LogP contribution in [0.3, 0.4) is 0 Å². The number of alkyl carbamates (subject to hydrolysis) is 1. The molecule has 1 spiro atoms. The number of carbonyl (C=O) groups excluding carboxylic acids is 2. The molecule has 7 nitrogen and oxygen atoms in total. The van der Waals surface area contributed by atoms with Crippen molar-refractivity contribution in [3.63, 3.8) is 0 Å². The largest absolute Gasteiger partial charge is 0.443 e. The zero-order chi connectivity index (χ0) is 19.8. The van der Waals surface area contributed by atoms with Crippen LogP contribution in [0.25, 0.3) is 0 Å². The van der Waals surface area contributed by atoms with E-state index in [0.717, 1.165) is 19.3 Å². The van der Waals surface area contributed by atoms with Crippen LogP contribution in [-0.2, 0) is 23.7 Å². The van der Waals surface area contributed by atoms with Crippen molar-refractivity contribution in [1.82, 2.24) is 5.32 Å². The molecule has 1 aliphatic carbocycles. The summed E-state index contributed by atoms with van der Waals surface area (Å²) in [5.41, 5.74) is -0.610. The number of epoxide rings is 2. The fourth-order valence-corrected chi connectivity index (χ4v) is 4.66. The molecule has 3 fully saturated rings. The number of ether oxygens (including phenoxy) is 4. The Bertz CT molecular complexity index is 581. The van der Waals surface area contributed by atoms with Crippen molar-refractivity contribution < 1.29 is 28.5 Å². The molecular weight excluding hydrogens is 374 g/mol. The van der Waals surface area contributed by atoms with Gasteiger partial charge < -0.3 is 18.9 Å². The molecule has 1 saturated carbocycles. The molecule has 0 unspecified atom stereocenters. The molecule has 1 N–H and O–H groups in total. The van der Waals surface area contributed by atoms with E-state index in [-0.39, 0.29) is 35.2 Å². The molecule has 8 heteroatoms. The normalized spacial score (nSPS) is 40.1. The fourth-order valence-electron chi connectivity index (χ4n) is 4.59. The van der Waals surface area contributed by atoms with Gasteiger partial charge in [0.05, 0.1) is 18.6 Å². The zero-order valence-electron chi connectivity index (χ0n) is 16.5. The van der Waals surface area contributed by atoms with Crippen LogP contribution in [-0.4, -0.2) is 61.1 Å². The molecule has 2 saturated heterocycles. The van der Waals surface area contributed by atoms with Crippen molar-refractivity contribution in [2.24, 2.45) is 11.8 Å². The molecular formula is C19H30ClNO6. The lowest BCUT2D eigenvalue weighted by Crippen LogP contribution is -2.56. The quantitative estimate of drug-likeness (QED) is 0.519. The third kappa shape index (κ3) is 4.26. The van der Waals surface area contributed by atoms with E-state index in [0.29, 0.717) is 18.9 Å². The maximum absolute atomic E-state index is 12.0. The maximum Gasteiger partial charge on any atom is 0.414 e. The summed E-state index contributed by atoms with van der Waals surface area (Å²) in [5.74, 6) is -0.289. The van der Waals surface area contributed by atoms with Crippen LogP contribution >= 0.6 is 11.6 Å². The number of alkyl halides is 1. The lowest BCUT2D eigenvalue weighted by Gasteiger charge is -2.42. The molecule has 0 aromatic rings. The lowest BCUT2D eigenvalue weighted by molar-refractivity contribution is -0.124. The van der Waals surface area contributed by atoms with E-state index in [2.05, 4.69) is 26.1 Å². The number of hydrogen-bond acceptors (Lipinski definition) is 6. The van der Waals surface area contributed by atoms with Gasteiger partial charge in [0.2, 0.25) is 5.91 Å². The van der Waals surface area contributed by atoms with E-state index in [1.807, 2.05) is 0 Å². The van der Waals surface area contributed by atoms with Gasteiger partial charge in [-0.25, -0.2) is 4.79 Å². The molecule has 27 heavy (non-hydrogen) atoms. The van der Waals surface area contributed by atoms with E-state index >= 15 is 0 Å². The van der Waals surface area contributed by atoms with Crippen LogP contribution in [0.15, 0.2) is 0 Å². The van der Waals surface area contributed by atoms with E-state index < -0.39 is 18.1 Å². The topological polar surface area (TPSA) is 89.7 Å². The Morgan fingerprint density at radius 1 is 1.37 bits per heavy atom. The van der Waals surface area contributed by atoms with E-state index in [1.165, 1.54) is 0 Å². The number of amides is 2. The number of halogens is 1. The van der Waals surface area contributed by atoms with Crippen LogP contribution in [0.1, 0.15) is 46.5 Å². The minimum absolute atomic E-state index is 0.0255. The number of nitrogens with one attached hydrogen (secondary N) is 1. The van der Waals surface area contributed by atoms with Crippen molar-refractivity contribution in [3.8, 4) is 0 Å². The first-order valence-corrected chi connectivity index (χ1v) is 10.2. The number of rotatable bonds is 7. The van der Waals surface area contributed by atoms with Gasteiger partial charge in [-0.1, -0.05) is 13.8 Å². The molecule has 154 valence electrons. The van der Waals surface area contributed by atoms with Crippen LogP contribution in [0.2, 0.25) is 0 Å². The van der Waals surface area contributed by atoms with Gasteiger partial charge in [-0.15, -0.1) is 11.6 Å². The predicted molar refractivity (Wildman–Crippen MR) is 98.7 cm³/mol. The van der Waals surface area contributed by atoms with Gasteiger partial charge in [0.15, 0.2) is 0 Å². The molecule has 2 aliphatic heterocycles. The molecule has 6 atom stereocenters. The van der Waals surface area contributed by atoms with Crippen LogP contribution < -0.4 is 5.32 Å². The number of methoxy groups -OCH3 is 1. The van der Waals surface area contributed by atoms with Crippen LogP contribution in [0.5, 0.6) is 0 Å². The second kappa shape index (κ2) is 7.85. The monoisotopic (exact) mass is 403 g/mol.